The fourth-order valence-electron chi connectivity index (χ4n) is 2.40. The average molecular weight is 308 g/mol. The van der Waals surface area contributed by atoms with Crippen LogP contribution in [0.3, 0.4) is 0 Å². The fraction of sp³-hybridized carbons (Fsp3) is 0.357. The van der Waals surface area contributed by atoms with Crippen LogP contribution >= 0.6 is 11.6 Å². The van der Waals surface area contributed by atoms with Crippen molar-refractivity contribution in [2.75, 3.05) is 13.1 Å². The summed E-state index contributed by atoms with van der Waals surface area (Å²) in [6.07, 6.45) is 0.660. The van der Waals surface area contributed by atoms with Crippen molar-refractivity contribution in [3.63, 3.8) is 0 Å². The van der Waals surface area contributed by atoms with Gasteiger partial charge in [-0.2, -0.15) is 4.98 Å². The topological polar surface area (TPSA) is 79.5 Å². The zero-order valence-corrected chi connectivity index (χ0v) is 12.0. The van der Waals surface area contributed by atoms with Crippen LogP contribution in [0.2, 0.25) is 5.02 Å². The average Bonchev–Trinajstić information content (AvgIpc) is 3.10. The van der Waals surface area contributed by atoms with Crippen molar-refractivity contribution < 1.29 is 14.4 Å². The number of aliphatic carboxylic acids is 1. The maximum atomic E-state index is 10.9. The monoisotopic (exact) mass is 307 g/mol. The van der Waals surface area contributed by atoms with Crippen molar-refractivity contribution >= 4 is 17.6 Å². The lowest BCUT2D eigenvalue weighted by Crippen LogP contribution is -2.22. The first-order valence-corrected chi connectivity index (χ1v) is 7.03. The van der Waals surface area contributed by atoms with Crippen molar-refractivity contribution in [3.8, 4) is 11.4 Å². The summed E-state index contributed by atoms with van der Waals surface area (Å²) in [5, 5.41) is 13.6. The number of benzene rings is 1. The molecule has 1 aromatic heterocycles. The summed E-state index contributed by atoms with van der Waals surface area (Å²) in [5.41, 5.74) is 0.833. The van der Waals surface area contributed by atoms with E-state index in [1.807, 2.05) is 17.0 Å². The van der Waals surface area contributed by atoms with E-state index in [0.29, 0.717) is 36.2 Å². The highest BCUT2D eigenvalue weighted by atomic mass is 35.5. The van der Waals surface area contributed by atoms with E-state index in [4.69, 9.17) is 21.2 Å². The van der Waals surface area contributed by atoms with Crippen molar-refractivity contribution in [1.82, 2.24) is 15.0 Å². The van der Waals surface area contributed by atoms with E-state index in [9.17, 15) is 4.79 Å². The Kier molecular flexibility index (Phi) is 3.90. The third-order valence-corrected chi connectivity index (χ3v) is 3.80. The largest absolute Gasteiger partial charge is 0.481 e. The van der Waals surface area contributed by atoms with E-state index < -0.39 is 5.97 Å². The Morgan fingerprint density at radius 3 is 2.86 bits per heavy atom. The summed E-state index contributed by atoms with van der Waals surface area (Å²) < 4.78 is 5.22. The molecule has 0 unspecified atom stereocenters. The molecule has 7 heteroatoms. The van der Waals surface area contributed by atoms with Gasteiger partial charge in [0.15, 0.2) is 0 Å². The van der Waals surface area contributed by atoms with Crippen molar-refractivity contribution in [2.24, 2.45) is 5.92 Å². The minimum atomic E-state index is -0.745. The number of nitrogens with zero attached hydrogens (tertiary/aromatic N) is 3. The van der Waals surface area contributed by atoms with Crippen LogP contribution in [-0.2, 0) is 11.3 Å². The van der Waals surface area contributed by atoms with Gasteiger partial charge in [0.25, 0.3) is 0 Å². The second kappa shape index (κ2) is 5.83. The lowest BCUT2D eigenvalue weighted by atomic mass is 10.1. The van der Waals surface area contributed by atoms with Gasteiger partial charge in [0.05, 0.1) is 12.5 Å². The van der Waals surface area contributed by atoms with E-state index in [0.717, 1.165) is 12.1 Å². The third-order valence-electron chi connectivity index (χ3n) is 3.55. The summed E-state index contributed by atoms with van der Waals surface area (Å²) in [6, 6.07) is 7.19. The SMILES string of the molecule is O=C(O)[C@H]1CCN(Cc2nc(-c3ccc(Cl)cc3)no2)C1. The van der Waals surface area contributed by atoms with Gasteiger partial charge < -0.3 is 9.63 Å². The molecular weight excluding hydrogens is 294 g/mol. The second-order valence-electron chi connectivity index (χ2n) is 5.08. The zero-order valence-electron chi connectivity index (χ0n) is 11.2. The molecule has 110 valence electrons. The van der Waals surface area contributed by atoms with E-state index in [-0.39, 0.29) is 5.92 Å². The number of carbonyl (C=O) groups is 1. The maximum absolute atomic E-state index is 10.9. The van der Waals surface area contributed by atoms with Crippen LogP contribution in [0.4, 0.5) is 0 Å². The number of aromatic nitrogens is 2. The van der Waals surface area contributed by atoms with Crippen molar-refractivity contribution in [3.05, 3.63) is 35.2 Å². The standard InChI is InChI=1S/C14H14ClN3O3/c15-11-3-1-9(2-4-11)13-16-12(21-17-13)8-18-6-5-10(7-18)14(19)20/h1-4,10H,5-8H2,(H,19,20)/t10-/m0/s1. The predicted octanol–water partition coefficient (Wildman–Crippen LogP) is 2.30. The highest BCUT2D eigenvalue weighted by molar-refractivity contribution is 6.30. The van der Waals surface area contributed by atoms with Gasteiger partial charge in [0.1, 0.15) is 0 Å². The Hall–Kier alpha value is -1.92. The van der Waals surface area contributed by atoms with Crippen LogP contribution in [0.15, 0.2) is 28.8 Å². The quantitative estimate of drug-likeness (QED) is 0.933. The molecule has 0 aliphatic carbocycles. The number of carboxylic acids is 1. The molecule has 0 amide bonds. The molecule has 2 heterocycles. The molecule has 1 aliphatic rings. The fourth-order valence-corrected chi connectivity index (χ4v) is 2.53. The normalized spacial score (nSPS) is 19.0. The number of hydrogen-bond donors (Lipinski definition) is 1. The van der Waals surface area contributed by atoms with Crippen LogP contribution in [0.5, 0.6) is 0 Å². The smallest absolute Gasteiger partial charge is 0.307 e. The van der Waals surface area contributed by atoms with Crippen LogP contribution in [0.25, 0.3) is 11.4 Å². The van der Waals surface area contributed by atoms with Gasteiger partial charge in [-0.3, -0.25) is 9.69 Å². The van der Waals surface area contributed by atoms with Crippen LogP contribution in [0, 0.1) is 5.92 Å². The van der Waals surface area contributed by atoms with E-state index in [1.54, 1.807) is 12.1 Å². The maximum Gasteiger partial charge on any atom is 0.307 e. The summed E-state index contributed by atoms with van der Waals surface area (Å²) in [6.45, 7) is 1.73. The molecule has 2 aromatic rings. The molecule has 0 radical (unpaired) electrons. The van der Waals surface area contributed by atoms with Crippen molar-refractivity contribution in [2.45, 2.75) is 13.0 Å². The van der Waals surface area contributed by atoms with Gasteiger partial charge in [-0.15, -0.1) is 0 Å². The molecular formula is C14H14ClN3O3. The number of halogens is 1. The Morgan fingerprint density at radius 2 is 2.19 bits per heavy atom. The molecule has 0 spiro atoms. The molecule has 21 heavy (non-hydrogen) atoms. The predicted molar refractivity (Wildman–Crippen MR) is 75.8 cm³/mol. The lowest BCUT2D eigenvalue weighted by molar-refractivity contribution is -0.141. The van der Waals surface area contributed by atoms with Crippen LogP contribution in [0.1, 0.15) is 12.3 Å². The minimum Gasteiger partial charge on any atom is -0.481 e. The Balaban J connectivity index is 1.66. The Bertz CT molecular complexity index is 641. The zero-order chi connectivity index (χ0) is 14.8. The Morgan fingerprint density at radius 1 is 1.43 bits per heavy atom. The molecule has 1 atom stereocenters. The first-order chi connectivity index (χ1) is 10.1. The van der Waals surface area contributed by atoms with Gasteiger partial charge in [-0.1, -0.05) is 16.8 Å². The third kappa shape index (κ3) is 3.22. The molecule has 0 saturated carbocycles. The molecule has 3 rings (SSSR count). The first-order valence-electron chi connectivity index (χ1n) is 6.65. The molecule has 1 N–H and O–H groups in total. The van der Waals surface area contributed by atoms with E-state index >= 15 is 0 Å². The highest BCUT2D eigenvalue weighted by Gasteiger charge is 2.28. The lowest BCUT2D eigenvalue weighted by Gasteiger charge is -2.11. The van der Waals surface area contributed by atoms with E-state index in [2.05, 4.69) is 10.1 Å². The number of hydrogen-bond acceptors (Lipinski definition) is 5. The van der Waals surface area contributed by atoms with Gasteiger partial charge in [0, 0.05) is 17.1 Å². The molecule has 1 saturated heterocycles. The van der Waals surface area contributed by atoms with Gasteiger partial charge in [0.2, 0.25) is 11.7 Å². The molecule has 1 fully saturated rings. The minimum absolute atomic E-state index is 0.302. The van der Waals surface area contributed by atoms with Crippen molar-refractivity contribution in [1.29, 1.82) is 0 Å². The summed E-state index contributed by atoms with van der Waals surface area (Å²) in [5.74, 6) is -0.0461. The van der Waals surface area contributed by atoms with E-state index in [1.165, 1.54) is 0 Å². The highest BCUT2D eigenvalue weighted by Crippen LogP contribution is 2.21. The number of carboxylic acid groups (broad SMARTS) is 1. The molecule has 6 nitrogen and oxygen atoms in total. The van der Waals surface area contributed by atoms with Gasteiger partial charge in [-0.05, 0) is 37.2 Å². The summed E-state index contributed by atoms with van der Waals surface area (Å²) >= 11 is 5.84. The summed E-state index contributed by atoms with van der Waals surface area (Å²) in [7, 11) is 0. The molecule has 1 aromatic carbocycles. The molecule has 1 aliphatic heterocycles. The van der Waals surface area contributed by atoms with Crippen LogP contribution < -0.4 is 0 Å². The first kappa shape index (κ1) is 14.0. The van der Waals surface area contributed by atoms with Gasteiger partial charge >= 0.3 is 5.97 Å². The molecule has 0 bridgehead atoms. The van der Waals surface area contributed by atoms with Gasteiger partial charge in [-0.25, -0.2) is 0 Å². The van der Waals surface area contributed by atoms with Crippen LogP contribution in [-0.4, -0.2) is 39.2 Å². The second-order valence-corrected chi connectivity index (χ2v) is 5.51. The summed E-state index contributed by atoms with van der Waals surface area (Å²) in [4.78, 5) is 17.3. The Labute approximate surface area is 126 Å². The number of likely N-dealkylation sites (tertiary alicyclic amines) is 1. The number of rotatable bonds is 4.